The van der Waals surface area contributed by atoms with E-state index in [0.29, 0.717) is 40.4 Å². The Bertz CT molecular complexity index is 1270. The predicted octanol–water partition coefficient (Wildman–Crippen LogP) is 6.24. The van der Waals surface area contributed by atoms with E-state index in [4.69, 9.17) is 37.7 Å². The van der Waals surface area contributed by atoms with Gasteiger partial charge in [-0.25, -0.2) is 4.98 Å². The average molecular weight is 523 g/mol. The fourth-order valence-corrected chi connectivity index (χ4v) is 4.79. The number of halogens is 2. The molecule has 0 spiro atoms. The summed E-state index contributed by atoms with van der Waals surface area (Å²) in [4.78, 5) is 9.26. The van der Waals surface area contributed by atoms with Gasteiger partial charge in [0, 0.05) is 52.7 Å². The maximum Gasteiger partial charge on any atom is 0.218 e. The Balaban J connectivity index is 1.78. The molecule has 186 valence electrons. The van der Waals surface area contributed by atoms with Crippen molar-refractivity contribution in [3.05, 3.63) is 82.0 Å². The summed E-state index contributed by atoms with van der Waals surface area (Å²) in [6.45, 7) is 1.35. The van der Waals surface area contributed by atoms with Gasteiger partial charge < -0.3 is 20.1 Å². The van der Waals surface area contributed by atoms with Gasteiger partial charge >= 0.3 is 0 Å². The molecule has 2 aromatic carbocycles. The summed E-state index contributed by atoms with van der Waals surface area (Å²) in [7, 11) is 7.05. The summed E-state index contributed by atoms with van der Waals surface area (Å²) in [6.07, 6.45) is 1.74. The number of hydrogen-bond donors (Lipinski definition) is 2. The minimum Gasteiger partial charge on any atom is -0.496 e. The highest BCUT2D eigenvalue weighted by molar-refractivity contribution is 6.39. The highest BCUT2D eigenvalue weighted by Gasteiger charge is 2.18. The van der Waals surface area contributed by atoms with Crippen LogP contribution in [0.2, 0.25) is 10.0 Å². The van der Waals surface area contributed by atoms with Gasteiger partial charge in [0.05, 0.1) is 35.7 Å². The number of pyridine rings is 2. The molecule has 0 saturated heterocycles. The molecule has 0 atom stereocenters. The lowest BCUT2D eigenvalue weighted by Gasteiger charge is -2.15. The second-order valence-corrected chi connectivity index (χ2v) is 8.90. The number of nitrogens with one attached hydrogen (secondary N) is 2. The molecule has 4 rings (SSSR count). The second kappa shape index (κ2) is 11.7. The van der Waals surface area contributed by atoms with Gasteiger partial charge in [0.25, 0.3) is 0 Å². The van der Waals surface area contributed by atoms with Crippen LogP contribution in [0.25, 0.3) is 33.6 Å². The smallest absolute Gasteiger partial charge is 0.218 e. The van der Waals surface area contributed by atoms with Gasteiger partial charge in [0.1, 0.15) is 5.75 Å². The van der Waals surface area contributed by atoms with Crippen molar-refractivity contribution in [3.8, 4) is 45.3 Å². The van der Waals surface area contributed by atoms with Crippen LogP contribution < -0.4 is 20.1 Å². The average Bonchev–Trinajstić information content (AvgIpc) is 2.90. The first-order chi connectivity index (χ1) is 17.5. The van der Waals surface area contributed by atoms with Crippen LogP contribution in [0.5, 0.6) is 11.6 Å². The van der Waals surface area contributed by atoms with E-state index in [2.05, 4.69) is 15.6 Å². The normalized spacial score (nSPS) is 10.9. The van der Waals surface area contributed by atoms with E-state index >= 15 is 0 Å². The summed E-state index contributed by atoms with van der Waals surface area (Å²) in [5.41, 5.74) is 6.61. The zero-order chi connectivity index (χ0) is 25.7. The number of methoxy groups -OCH3 is 2. The van der Waals surface area contributed by atoms with Crippen LogP contribution in [0.15, 0.2) is 60.8 Å². The van der Waals surface area contributed by atoms with Crippen LogP contribution in [0, 0.1) is 0 Å². The first-order valence-corrected chi connectivity index (χ1v) is 12.2. The summed E-state index contributed by atoms with van der Waals surface area (Å²) < 4.78 is 11.1. The molecular weight excluding hydrogens is 495 g/mol. The molecule has 8 heteroatoms. The summed E-state index contributed by atoms with van der Waals surface area (Å²) in [6, 6.07) is 17.6. The number of ether oxygens (including phenoxy) is 2. The minimum atomic E-state index is 0.509. The second-order valence-electron chi connectivity index (χ2n) is 8.14. The number of benzene rings is 2. The van der Waals surface area contributed by atoms with E-state index in [1.54, 1.807) is 20.4 Å². The molecule has 4 aromatic rings. The van der Waals surface area contributed by atoms with Gasteiger partial charge in [-0.05, 0) is 32.3 Å². The lowest BCUT2D eigenvalue weighted by atomic mass is 9.99. The quantitative estimate of drug-likeness (QED) is 0.271. The Morgan fingerprint density at radius 3 is 2.19 bits per heavy atom. The molecule has 0 aliphatic rings. The highest BCUT2D eigenvalue weighted by atomic mass is 35.5. The van der Waals surface area contributed by atoms with E-state index < -0.39 is 0 Å². The van der Waals surface area contributed by atoms with Crippen LogP contribution in [0.4, 0.5) is 0 Å². The molecule has 0 amide bonds. The number of nitrogens with zero attached hydrogens (tertiary/aromatic N) is 2. The van der Waals surface area contributed by atoms with E-state index in [1.165, 1.54) is 0 Å². The number of rotatable bonds is 9. The molecule has 0 aliphatic heterocycles. The molecule has 6 nitrogen and oxygen atoms in total. The van der Waals surface area contributed by atoms with E-state index in [-0.39, 0.29) is 0 Å². The van der Waals surface area contributed by atoms with Crippen LogP contribution in [0.3, 0.4) is 0 Å². The monoisotopic (exact) mass is 522 g/mol. The van der Waals surface area contributed by atoms with Gasteiger partial charge in [0.2, 0.25) is 5.88 Å². The molecule has 2 aromatic heterocycles. The third-order valence-corrected chi connectivity index (χ3v) is 6.67. The predicted molar refractivity (Wildman–Crippen MR) is 147 cm³/mol. The Hall–Kier alpha value is -3.16. The van der Waals surface area contributed by atoms with E-state index in [1.807, 2.05) is 68.7 Å². The van der Waals surface area contributed by atoms with Gasteiger partial charge in [-0.1, -0.05) is 59.6 Å². The third-order valence-electron chi connectivity index (χ3n) is 5.88. The van der Waals surface area contributed by atoms with Crippen molar-refractivity contribution in [2.45, 2.75) is 13.1 Å². The summed E-state index contributed by atoms with van der Waals surface area (Å²) in [5.74, 6) is 1.33. The zero-order valence-electron chi connectivity index (χ0n) is 20.7. The zero-order valence-corrected chi connectivity index (χ0v) is 22.2. The molecule has 0 bridgehead atoms. The van der Waals surface area contributed by atoms with Crippen LogP contribution in [0.1, 0.15) is 11.1 Å². The lowest BCUT2D eigenvalue weighted by molar-refractivity contribution is 0.392. The topological polar surface area (TPSA) is 68.3 Å². The Morgan fingerprint density at radius 1 is 0.778 bits per heavy atom. The van der Waals surface area contributed by atoms with Crippen molar-refractivity contribution in [1.29, 1.82) is 0 Å². The third kappa shape index (κ3) is 5.18. The van der Waals surface area contributed by atoms with Crippen LogP contribution >= 0.6 is 23.2 Å². The van der Waals surface area contributed by atoms with Crippen LogP contribution in [-0.2, 0) is 13.1 Å². The van der Waals surface area contributed by atoms with E-state index in [9.17, 15) is 0 Å². The highest BCUT2D eigenvalue weighted by Crippen LogP contribution is 2.42. The molecule has 0 unspecified atom stereocenters. The minimum absolute atomic E-state index is 0.509. The van der Waals surface area contributed by atoms with E-state index in [0.717, 1.165) is 39.1 Å². The molecule has 0 saturated carbocycles. The summed E-state index contributed by atoms with van der Waals surface area (Å²) >= 11 is 13.9. The largest absolute Gasteiger partial charge is 0.496 e. The van der Waals surface area contributed by atoms with Gasteiger partial charge in [0.15, 0.2) is 0 Å². The van der Waals surface area contributed by atoms with Crippen molar-refractivity contribution < 1.29 is 9.47 Å². The van der Waals surface area contributed by atoms with Crippen molar-refractivity contribution in [1.82, 2.24) is 20.6 Å². The molecule has 0 aliphatic carbocycles. The molecular formula is C28H28Cl2N4O2. The van der Waals surface area contributed by atoms with Crippen molar-refractivity contribution >= 4 is 23.2 Å². The Labute approximate surface area is 221 Å². The van der Waals surface area contributed by atoms with Crippen LogP contribution in [-0.4, -0.2) is 38.3 Å². The maximum absolute atomic E-state index is 6.95. The molecule has 0 radical (unpaired) electrons. The fourth-order valence-electron chi connectivity index (χ4n) is 4.14. The van der Waals surface area contributed by atoms with Gasteiger partial charge in [-0.3, -0.25) is 4.98 Å². The molecule has 36 heavy (non-hydrogen) atoms. The molecule has 2 N–H and O–H groups in total. The number of hydrogen-bond acceptors (Lipinski definition) is 6. The Morgan fingerprint density at radius 2 is 1.47 bits per heavy atom. The van der Waals surface area contributed by atoms with Gasteiger partial charge in [-0.15, -0.1) is 0 Å². The summed E-state index contributed by atoms with van der Waals surface area (Å²) in [5, 5.41) is 7.33. The standard InChI is InChI=1S/C28H28Cl2N4O2/c1-31-15-18-9-8-17(14-24(18)35-3)27-26(30)21(12-13-33-27)20-6-5-7-22(25(20)29)23-11-10-19(16-32-2)28(34-23)36-4/h5-14,31-32H,15-16H2,1-4H3. The fraction of sp³-hybridized carbons (Fsp3) is 0.214. The van der Waals surface area contributed by atoms with Gasteiger partial charge in [-0.2, -0.15) is 0 Å². The SMILES string of the molecule is CNCc1ccc(-c2nccc(-c3cccc(-c4ccc(CNC)c(OC)n4)c3Cl)c2Cl)cc1OC. The number of aromatic nitrogens is 2. The molecule has 0 fully saturated rings. The maximum atomic E-state index is 6.95. The van der Waals surface area contributed by atoms with Crippen molar-refractivity contribution in [3.63, 3.8) is 0 Å². The lowest BCUT2D eigenvalue weighted by Crippen LogP contribution is -2.07. The van der Waals surface area contributed by atoms with Crippen molar-refractivity contribution in [2.75, 3.05) is 28.3 Å². The first kappa shape index (κ1) is 25.9. The first-order valence-electron chi connectivity index (χ1n) is 11.5. The molecule has 2 heterocycles. The Kier molecular flexibility index (Phi) is 8.44. The van der Waals surface area contributed by atoms with Crippen molar-refractivity contribution in [2.24, 2.45) is 0 Å².